The zero-order valence-electron chi connectivity index (χ0n) is 10.5. The van der Waals surface area contributed by atoms with Gasteiger partial charge in [0.1, 0.15) is 0 Å². The number of aromatic amines is 1. The first kappa shape index (κ1) is 13.5. The SMILES string of the molecule is CN(Cc1cn[nH]c1)C(=O)C=Cc1cccc(Br)c1. The second-order valence-corrected chi connectivity index (χ2v) is 5.10. The minimum absolute atomic E-state index is 0.0406. The van der Waals surface area contributed by atoms with Crippen LogP contribution in [0.25, 0.3) is 6.08 Å². The minimum atomic E-state index is -0.0406. The predicted octanol–water partition coefficient (Wildman–Crippen LogP) is 2.84. The molecule has 0 aliphatic carbocycles. The predicted molar refractivity (Wildman–Crippen MR) is 78.2 cm³/mol. The molecule has 0 fully saturated rings. The van der Waals surface area contributed by atoms with E-state index in [4.69, 9.17) is 0 Å². The molecule has 4 nitrogen and oxygen atoms in total. The molecule has 19 heavy (non-hydrogen) atoms. The first-order valence-corrected chi connectivity index (χ1v) is 6.61. The number of hydrogen-bond donors (Lipinski definition) is 1. The van der Waals surface area contributed by atoms with Crippen LogP contribution in [0.1, 0.15) is 11.1 Å². The van der Waals surface area contributed by atoms with Crippen LogP contribution in [0.5, 0.6) is 0 Å². The Kier molecular flexibility index (Phi) is 4.52. The van der Waals surface area contributed by atoms with Crippen molar-refractivity contribution in [3.8, 4) is 0 Å². The Morgan fingerprint density at radius 1 is 1.53 bits per heavy atom. The Hall–Kier alpha value is -1.88. The van der Waals surface area contributed by atoms with Crippen LogP contribution in [0.15, 0.2) is 47.2 Å². The summed E-state index contributed by atoms with van der Waals surface area (Å²) in [6.07, 6.45) is 6.87. The van der Waals surface area contributed by atoms with E-state index in [2.05, 4.69) is 26.1 Å². The number of amides is 1. The van der Waals surface area contributed by atoms with Crippen molar-refractivity contribution in [2.75, 3.05) is 7.05 Å². The molecular weight excluding hydrogens is 306 g/mol. The lowest BCUT2D eigenvalue weighted by atomic mass is 10.2. The number of carbonyl (C=O) groups excluding carboxylic acids is 1. The Labute approximate surface area is 120 Å². The van der Waals surface area contributed by atoms with Crippen LogP contribution in [0.4, 0.5) is 0 Å². The van der Waals surface area contributed by atoms with Crippen molar-refractivity contribution in [2.24, 2.45) is 0 Å². The molecule has 1 amide bonds. The minimum Gasteiger partial charge on any atom is -0.338 e. The molecule has 5 heteroatoms. The van der Waals surface area contributed by atoms with Gasteiger partial charge in [-0.15, -0.1) is 0 Å². The number of benzene rings is 1. The van der Waals surface area contributed by atoms with Crippen molar-refractivity contribution in [3.05, 3.63) is 58.3 Å². The third kappa shape index (κ3) is 4.06. The van der Waals surface area contributed by atoms with Gasteiger partial charge in [0.15, 0.2) is 0 Å². The highest BCUT2D eigenvalue weighted by Gasteiger charge is 2.06. The maximum Gasteiger partial charge on any atom is 0.246 e. The molecule has 1 heterocycles. The van der Waals surface area contributed by atoms with Crippen LogP contribution in [0.2, 0.25) is 0 Å². The van der Waals surface area contributed by atoms with E-state index in [1.807, 2.05) is 24.3 Å². The van der Waals surface area contributed by atoms with Gasteiger partial charge in [-0.1, -0.05) is 28.1 Å². The van der Waals surface area contributed by atoms with Crippen LogP contribution >= 0.6 is 15.9 Å². The van der Waals surface area contributed by atoms with Crippen LogP contribution in [-0.2, 0) is 11.3 Å². The zero-order chi connectivity index (χ0) is 13.7. The highest BCUT2D eigenvalue weighted by atomic mass is 79.9. The maximum atomic E-state index is 11.9. The van der Waals surface area contributed by atoms with Gasteiger partial charge in [-0.3, -0.25) is 9.89 Å². The average molecular weight is 320 g/mol. The molecule has 0 aliphatic heterocycles. The summed E-state index contributed by atoms with van der Waals surface area (Å²) in [7, 11) is 1.76. The molecule has 0 saturated heterocycles. The lowest BCUT2D eigenvalue weighted by molar-refractivity contribution is -0.125. The summed E-state index contributed by atoms with van der Waals surface area (Å²) in [4.78, 5) is 13.6. The lowest BCUT2D eigenvalue weighted by Gasteiger charge is -2.13. The summed E-state index contributed by atoms with van der Waals surface area (Å²) in [5, 5.41) is 6.58. The smallest absolute Gasteiger partial charge is 0.246 e. The molecular formula is C14H14BrN3O. The number of likely N-dealkylation sites (N-methyl/N-ethyl adjacent to an activating group) is 1. The van der Waals surface area contributed by atoms with E-state index in [1.165, 1.54) is 0 Å². The fraction of sp³-hybridized carbons (Fsp3) is 0.143. The van der Waals surface area contributed by atoms with Crippen molar-refractivity contribution in [1.29, 1.82) is 0 Å². The van der Waals surface area contributed by atoms with Crippen molar-refractivity contribution < 1.29 is 4.79 Å². The fourth-order valence-corrected chi connectivity index (χ4v) is 2.04. The van der Waals surface area contributed by atoms with Gasteiger partial charge in [0.25, 0.3) is 0 Å². The molecule has 0 bridgehead atoms. The Bertz CT molecular complexity index is 578. The monoisotopic (exact) mass is 319 g/mol. The van der Waals surface area contributed by atoms with Gasteiger partial charge in [-0.05, 0) is 23.8 Å². The third-order valence-corrected chi connectivity index (χ3v) is 3.11. The van der Waals surface area contributed by atoms with Gasteiger partial charge in [0, 0.05) is 35.9 Å². The van der Waals surface area contributed by atoms with Crippen LogP contribution in [-0.4, -0.2) is 28.1 Å². The van der Waals surface area contributed by atoms with Gasteiger partial charge in [0.05, 0.1) is 6.20 Å². The fourth-order valence-electron chi connectivity index (χ4n) is 1.62. The van der Waals surface area contributed by atoms with Gasteiger partial charge >= 0.3 is 0 Å². The molecule has 2 rings (SSSR count). The Morgan fingerprint density at radius 2 is 2.37 bits per heavy atom. The Balaban J connectivity index is 1.96. The van der Waals surface area contributed by atoms with Gasteiger partial charge in [0.2, 0.25) is 5.91 Å². The second kappa shape index (κ2) is 6.33. The van der Waals surface area contributed by atoms with E-state index in [9.17, 15) is 4.79 Å². The number of aromatic nitrogens is 2. The van der Waals surface area contributed by atoms with Crippen molar-refractivity contribution in [2.45, 2.75) is 6.54 Å². The quantitative estimate of drug-likeness (QED) is 0.881. The molecule has 98 valence electrons. The summed E-state index contributed by atoms with van der Waals surface area (Å²) >= 11 is 3.40. The third-order valence-electron chi connectivity index (χ3n) is 2.62. The lowest BCUT2D eigenvalue weighted by Crippen LogP contribution is -2.23. The van der Waals surface area contributed by atoms with E-state index in [0.717, 1.165) is 15.6 Å². The van der Waals surface area contributed by atoms with Crippen molar-refractivity contribution in [3.63, 3.8) is 0 Å². The molecule has 2 aromatic rings. The zero-order valence-corrected chi connectivity index (χ0v) is 12.1. The molecule has 1 aromatic carbocycles. The van der Waals surface area contributed by atoms with Gasteiger partial charge in [-0.2, -0.15) is 5.10 Å². The largest absolute Gasteiger partial charge is 0.338 e. The molecule has 1 N–H and O–H groups in total. The van der Waals surface area contributed by atoms with Crippen LogP contribution in [0.3, 0.4) is 0 Å². The number of nitrogens with one attached hydrogen (secondary N) is 1. The molecule has 0 saturated carbocycles. The molecule has 1 aromatic heterocycles. The molecule has 0 atom stereocenters. The first-order chi connectivity index (χ1) is 9.15. The van der Waals surface area contributed by atoms with E-state index in [-0.39, 0.29) is 5.91 Å². The van der Waals surface area contributed by atoms with E-state index in [1.54, 1.807) is 36.5 Å². The summed E-state index contributed by atoms with van der Waals surface area (Å²) in [6.45, 7) is 0.540. The number of rotatable bonds is 4. The molecule has 0 unspecified atom stereocenters. The molecule has 0 aliphatic rings. The highest BCUT2D eigenvalue weighted by Crippen LogP contribution is 2.13. The van der Waals surface area contributed by atoms with E-state index in [0.29, 0.717) is 6.54 Å². The number of hydrogen-bond acceptors (Lipinski definition) is 2. The summed E-state index contributed by atoms with van der Waals surface area (Å²) in [5.41, 5.74) is 1.96. The highest BCUT2D eigenvalue weighted by molar-refractivity contribution is 9.10. The Morgan fingerprint density at radius 3 is 3.05 bits per heavy atom. The van der Waals surface area contributed by atoms with Crippen LogP contribution < -0.4 is 0 Å². The summed E-state index contributed by atoms with van der Waals surface area (Å²) in [5.74, 6) is -0.0406. The van der Waals surface area contributed by atoms with Crippen LogP contribution in [0, 0.1) is 0 Å². The molecule has 0 radical (unpaired) electrons. The summed E-state index contributed by atoms with van der Waals surface area (Å²) in [6, 6.07) is 7.79. The standard InChI is InChI=1S/C14H14BrN3O/c1-18(10-12-8-16-17-9-12)14(19)6-5-11-3-2-4-13(15)7-11/h2-9H,10H2,1H3,(H,16,17). The average Bonchev–Trinajstić information content (AvgIpc) is 2.89. The van der Waals surface area contributed by atoms with E-state index >= 15 is 0 Å². The first-order valence-electron chi connectivity index (χ1n) is 5.81. The second-order valence-electron chi connectivity index (χ2n) is 4.19. The maximum absolute atomic E-state index is 11.9. The number of halogens is 1. The van der Waals surface area contributed by atoms with Crippen molar-refractivity contribution >= 4 is 27.9 Å². The van der Waals surface area contributed by atoms with Gasteiger partial charge in [-0.25, -0.2) is 0 Å². The van der Waals surface area contributed by atoms with Gasteiger partial charge < -0.3 is 4.90 Å². The topological polar surface area (TPSA) is 49.0 Å². The number of H-pyrrole nitrogens is 1. The van der Waals surface area contributed by atoms with E-state index < -0.39 is 0 Å². The van der Waals surface area contributed by atoms with Crippen molar-refractivity contribution in [1.82, 2.24) is 15.1 Å². The normalized spacial score (nSPS) is 10.8. The summed E-state index contributed by atoms with van der Waals surface area (Å²) < 4.78 is 0.994. The molecule has 0 spiro atoms. The number of carbonyl (C=O) groups is 1. The number of nitrogens with zero attached hydrogens (tertiary/aromatic N) is 2.